The summed E-state index contributed by atoms with van der Waals surface area (Å²) in [6.45, 7) is 3.88. The third kappa shape index (κ3) is 2.52. The van der Waals surface area contributed by atoms with E-state index in [1.807, 2.05) is 25.1 Å². The minimum absolute atomic E-state index is 0.338. The minimum atomic E-state index is -0.353. The van der Waals surface area contributed by atoms with Crippen LogP contribution in [-0.4, -0.2) is 37.9 Å². The summed E-state index contributed by atoms with van der Waals surface area (Å²) < 4.78 is 5.48. The van der Waals surface area contributed by atoms with Gasteiger partial charge >= 0.3 is 0 Å². The number of carbonyl (C=O) groups is 1. The lowest BCUT2D eigenvalue weighted by Gasteiger charge is -2.40. The molecule has 1 aromatic rings. The lowest BCUT2D eigenvalue weighted by atomic mass is 9.68. The fourth-order valence-corrected chi connectivity index (χ4v) is 3.08. The highest BCUT2D eigenvalue weighted by Crippen LogP contribution is 2.41. The topological polar surface area (TPSA) is 29.5 Å². The maximum atomic E-state index is 12.6. The molecule has 1 aromatic carbocycles. The van der Waals surface area contributed by atoms with Gasteiger partial charge in [-0.2, -0.15) is 0 Å². The summed E-state index contributed by atoms with van der Waals surface area (Å²) in [6, 6.07) is 7.97. The molecule has 19 heavy (non-hydrogen) atoms. The number of hydrogen-bond acceptors (Lipinski definition) is 3. The van der Waals surface area contributed by atoms with E-state index in [9.17, 15) is 4.79 Å². The van der Waals surface area contributed by atoms with Crippen LogP contribution in [-0.2, 0) is 10.2 Å². The summed E-state index contributed by atoms with van der Waals surface area (Å²) in [7, 11) is 3.79. The molecular weight excluding hydrogens is 238 g/mol. The van der Waals surface area contributed by atoms with Gasteiger partial charge in [0.05, 0.1) is 12.5 Å². The normalized spacial score (nSPS) is 19.1. The van der Waals surface area contributed by atoms with Gasteiger partial charge in [-0.05, 0) is 39.0 Å². The first kappa shape index (κ1) is 14.1. The number of hydrogen-bond donors (Lipinski definition) is 0. The number of benzene rings is 1. The molecule has 3 heteroatoms. The van der Waals surface area contributed by atoms with E-state index in [1.165, 1.54) is 0 Å². The van der Waals surface area contributed by atoms with Gasteiger partial charge in [-0.25, -0.2) is 0 Å². The summed E-state index contributed by atoms with van der Waals surface area (Å²) in [6.07, 6.45) is 2.36. The zero-order valence-corrected chi connectivity index (χ0v) is 12.1. The Kier molecular flexibility index (Phi) is 4.25. The molecule has 0 aliphatic carbocycles. The van der Waals surface area contributed by atoms with Gasteiger partial charge in [-0.15, -0.1) is 0 Å². The van der Waals surface area contributed by atoms with Crippen molar-refractivity contribution in [3.63, 3.8) is 0 Å². The fourth-order valence-electron chi connectivity index (χ4n) is 3.08. The Balaban J connectivity index is 2.46. The van der Waals surface area contributed by atoms with Crippen LogP contribution in [0.2, 0.25) is 0 Å². The fraction of sp³-hybridized carbons (Fsp3) is 0.562. The second-order valence-electron chi connectivity index (χ2n) is 5.36. The third-order valence-corrected chi connectivity index (χ3v) is 4.32. The maximum Gasteiger partial charge on any atom is 0.143 e. The van der Waals surface area contributed by atoms with Crippen LogP contribution >= 0.6 is 0 Å². The molecule has 1 heterocycles. The average molecular weight is 261 g/mol. The van der Waals surface area contributed by atoms with E-state index in [0.717, 1.165) is 37.2 Å². The largest absolute Gasteiger partial charge is 0.496 e. The number of ketones is 1. The molecule has 0 spiro atoms. The smallest absolute Gasteiger partial charge is 0.143 e. The van der Waals surface area contributed by atoms with Gasteiger partial charge in [0, 0.05) is 12.0 Å². The highest BCUT2D eigenvalue weighted by Gasteiger charge is 2.42. The lowest BCUT2D eigenvalue weighted by molar-refractivity contribution is -0.126. The van der Waals surface area contributed by atoms with Gasteiger partial charge in [0.1, 0.15) is 11.5 Å². The van der Waals surface area contributed by atoms with Crippen molar-refractivity contribution in [1.29, 1.82) is 0 Å². The summed E-state index contributed by atoms with van der Waals surface area (Å²) in [5.41, 5.74) is 0.714. The highest BCUT2D eigenvalue weighted by atomic mass is 16.5. The van der Waals surface area contributed by atoms with Crippen molar-refractivity contribution in [1.82, 2.24) is 4.90 Å². The first-order valence-electron chi connectivity index (χ1n) is 6.99. The van der Waals surface area contributed by atoms with Crippen LogP contribution in [0.1, 0.15) is 31.7 Å². The second kappa shape index (κ2) is 5.74. The van der Waals surface area contributed by atoms with Crippen molar-refractivity contribution in [2.24, 2.45) is 0 Å². The number of methoxy groups -OCH3 is 1. The van der Waals surface area contributed by atoms with Crippen LogP contribution in [0, 0.1) is 0 Å². The molecule has 0 atom stereocenters. The molecule has 1 saturated heterocycles. The van der Waals surface area contributed by atoms with Crippen molar-refractivity contribution in [3.05, 3.63) is 29.8 Å². The predicted molar refractivity (Wildman–Crippen MR) is 76.7 cm³/mol. The van der Waals surface area contributed by atoms with Crippen molar-refractivity contribution in [3.8, 4) is 5.75 Å². The van der Waals surface area contributed by atoms with Crippen molar-refractivity contribution >= 4 is 5.78 Å². The SMILES string of the molecule is CCC(=O)C1(c2ccccc2OC)CCN(C)CC1. The maximum absolute atomic E-state index is 12.6. The second-order valence-corrected chi connectivity index (χ2v) is 5.36. The molecule has 1 fully saturated rings. The van der Waals surface area contributed by atoms with Crippen LogP contribution in [0.25, 0.3) is 0 Å². The summed E-state index contributed by atoms with van der Waals surface area (Å²) in [4.78, 5) is 14.9. The molecule has 0 unspecified atom stereocenters. The number of piperidine rings is 1. The Bertz CT molecular complexity index is 448. The Hall–Kier alpha value is -1.35. The first-order chi connectivity index (χ1) is 9.14. The van der Waals surface area contributed by atoms with E-state index < -0.39 is 0 Å². The summed E-state index contributed by atoms with van der Waals surface area (Å²) in [5.74, 6) is 1.18. The molecule has 1 aliphatic rings. The van der Waals surface area contributed by atoms with E-state index in [1.54, 1.807) is 7.11 Å². The predicted octanol–water partition coefficient (Wildman–Crippen LogP) is 2.64. The minimum Gasteiger partial charge on any atom is -0.496 e. The molecule has 2 rings (SSSR count). The molecular formula is C16H23NO2. The zero-order chi connectivity index (χ0) is 13.9. The third-order valence-electron chi connectivity index (χ3n) is 4.32. The van der Waals surface area contributed by atoms with E-state index >= 15 is 0 Å². The number of carbonyl (C=O) groups excluding carboxylic acids is 1. The Labute approximate surface area is 115 Å². The molecule has 0 saturated carbocycles. The van der Waals surface area contributed by atoms with Gasteiger partial charge in [0.2, 0.25) is 0 Å². The van der Waals surface area contributed by atoms with E-state index in [0.29, 0.717) is 12.2 Å². The first-order valence-corrected chi connectivity index (χ1v) is 6.99. The molecule has 0 radical (unpaired) electrons. The van der Waals surface area contributed by atoms with Crippen LogP contribution in [0.4, 0.5) is 0 Å². The molecule has 104 valence electrons. The highest BCUT2D eigenvalue weighted by molar-refractivity contribution is 5.90. The monoisotopic (exact) mass is 261 g/mol. The number of Topliss-reactive ketones (excluding diaryl/α,β-unsaturated/α-hetero) is 1. The van der Waals surface area contributed by atoms with Crippen molar-refractivity contribution in [2.45, 2.75) is 31.6 Å². The van der Waals surface area contributed by atoms with Gasteiger partial charge < -0.3 is 9.64 Å². The molecule has 0 bridgehead atoms. The quantitative estimate of drug-likeness (QED) is 0.834. The molecule has 3 nitrogen and oxygen atoms in total. The Morgan fingerprint density at radius 3 is 2.53 bits per heavy atom. The lowest BCUT2D eigenvalue weighted by Crippen LogP contribution is -2.46. The van der Waals surface area contributed by atoms with Crippen LogP contribution in [0.5, 0.6) is 5.75 Å². The summed E-state index contributed by atoms with van der Waals surface area (Å²) >= 11 is 0. The molecule has 0 amide bonds. The number of ether oxygens (including phenoxy) is 1. The van der Waals surface area contributed by atoms with Gasteiger partial charge in [-0.3, -0.25) is 4.79 Å². The molecule has 0 N–H and O–H groups in total. The van der Waals surface area contributed by atoms with Crippen molar-refractivity contribution in [2.75, 3.05) is 27.2 Å². The summed E-state index contributed by atoms with van der Waals surface area (Å²) in [5, 5.41) is 0. The average Bonchev–Trinajstić information content (AvgIpc) is 2.47. The van der Waals surface area contributed by atoms with Crippen LogP contribution < -0.4 is 4.74 Å². The van der Waals surface area contributed by atoms with E-state index in [2.05, 4.69) is 18.0 Å². The number of nitrogens with zero attached hydrogens (tertiary/aromatic N) is 1. The van der Waals surface area contributed by atoms with Crippen LogP contribution in [0.3, 0.4) is 0 Å². The van der Waals surface area contributed by atoms with Crippen molar-refractivity contribution < 1.29 is 9.53 Å². The van der Waals surface area contributed by atoms with E-state index in [4.69, 9.17) is 4.74 Å². The number of para-hydroxylation sites is 1. The Morgan fingerprint density at radius 2 is 1.95 bits per heavy atom. The van der Waals surface area contributed by atoms with Gasteiger partial charge in [-0.1, -0.05) is 25.1 Å². The van der Waals surface area contributed by atoms with Crippen LogP contribution in [0.15, 0.2) is 24.3 Å². The zero-order valence-electron chi connectivity index (χ0n) is 12.1. The van der Waals surface area contributed by atoms with Gasteiger partial charge in [0.25, 0.3) is 0 Å². The molecule has 1 aliphatic heterocycles. The standard InChI is InChI=1S/C16H23NO2/c1-4-15(18)16(9-11-17(2)12-10-16)13-7-5-6-8-14(13)19-3/h5-8H,4,9-12H2,1-3H3. The number of rotatable bonds is 4. The number of likely N-dealkylation sites (tertiary alicyclic amines) is 1. The van der Waals surface area contributed by atoms with E-state index in [-0.39, 0.29) is 5.41 Å². The Morgan fingerprint density at radius 1 is 1.32 bits per heavy atom. The van der Waals surface area contributed by atoms with Gasteiger partial charge in [0.15, 0.2) is 0 Å². The molecule has 0 aromatic heterocycles.